The predicted octanol–water partition coefficient (Wildman–Crippen LogP) is 5.09. The first-order valence-electron chi connectivity index (χ1n) is 8.39. The van der Waals surface area contributed by atoms with Gasteiger partial charge >= 0.3 is 0 Å². The van der Waals surface area contributed by atoms with Crippen molar-refractivity contribution in [2.45, 2.75) is 25.5 Å². The lowest BCUT2D eigenvalue weighted by Gasteiger charge is -2.08. The molecule has 0 radical (unpaired) electrons. The summed E-state index contributed by atoms with van der Waals surface area (Å²) in [6, 6.07) is 11.1. The van der Waals surface area contributed by atoms with Crippen molar-refractivity contribution in [1.29, 1.82) is 0 Å². The molecule has 0 unspecified atom stereocenters. The standard InChI is InChI=1S/C19H20F2N4S/c1-3-16-11-22-19(26-16)23-15-7-4-13(5-8-15)12(2)24-25-18-9-6-14(20)10-17(18)21/h4-10,16,25H,3,11H2,1-2H3,(H,22,23)/b24-12-/t16-/m1/s1. The third kappa shape index (κ3) is 4.60. The number of hydrogen-bond donors (Lipinski definition) is 2. The van der Waals surface area contributed by atoms with E-state index in [0.29, 0.717) is 11.0 Å². The number of benzene rings is 2. The van der Waals surface area contributed by atoms with E-state index in [2.05, 4.69) is 27.8 Å². The first kappa shape index (κ1) is 18.4. The Hall–Kier alpha value is -2.41. The lowest BCUT2D eigenvalue weighted by molar-refractivity contribution is 0.585. The summed E-state index contributed by atoms with van der Waals surface area (Å²) in [5.74, 6) is -1.30. The van der Waals surface area contributed by atoms with Gasteiger partial charge in [0, 0.05) is 17.0 Å². The van der Waals surface area contributed by atoms with Crippen LogP contribution < -0.4 is 10.7 Å². The zero-order valence-corrected chi connectivity index (χ0v) is 15.4. The zero-order valence-electron chi connectivity index (χ0n) is 14.6. The Kier molecular flexibility index (Phi) is 5.88. The molecule has 0 aromatic heterocycles. The van der Waals surface area contributed by atoms with Crippen LogP contribution in [-0.2, 0) is 0 Å². The molecule has 26 heavy (non-hydrogen) atoms. The summed E-state index contributed by atoms with van der Waals surface area (Å²) < 4.78 is 26.5. The highest BCUT2D eigenvalue weighted by atomic mass is 32.2. The van der Waals surface area contributed by atoms with Crippen LogP contribution in [0.15, 0.2) is 52.6 Å². The molecule has 0 aliphatic carbocycles. The molecule has 0 amide bonds. The number of amidine groups is 1. The Balaban J connectivity index is 1.62. The fourth-order valence-electron chi connectivity index (χ4n) is 2.41. The number of thioether (sulfide) groups is 1. The van der Waals surface area contributed by atoms with Gasteiger partial charge in [-0.25, -0.2) is 8.78 Å². The minimum atomic E-state index is -0.679. The smallest absolute Gasteiger partial charge is 0.161 e. The van der Waals surface area contributed by atoms with Crippen molar-refractivity contribution < 1.29 is 8.78 Å². The molecule has 0 fully saturated rings. The number of hydrazone groups is 1. The summed E-state index contributed by atoms with van der Waals surface area (Å²) in [6.07, 6.45) is 1.11. The molecule has 0 spiro atoms. The zero-order chi connectivity index (χ0) is 18.5. The summed E-state index contributed by atoms with van der Waals surface area (Å²) in [4.78, 5) is 4.49. The van der Waals surface area contributed by atoms with Crippen molar-refractivity contribution in [3.05, 3.63) is 59.7 Å². The number of nitrogens with one attached hydrogen (secondary N) is 2. The van der Waals surface area contributed by atoms with Crippen LogP contribution >= 0.6 is 11.8 Å². The number of rotatable bonds is 5. The average molecular weight is 374 g/mol. The van der Waals surface area contributed by atoms with E-state index in [1.165, 1.54) is 12.1 Å². The summed E-state index contributed by atoms with van der Waals surface area (Å²) in [5.41, 5.74) is 5.32. The van der Waals surface area contributed by atoms with Crippen LogP contribution in [0.4, 0.5) is 20.2 Å². The Morgan fingerprint density at radius 3 is 2.65 bits per heavy atom. The molecule has 0 saturated heterocycles. The van der Waals surface area contributed by atoms with Gasteiger partial charge in [-0.2, -0.15) is 5.10 Å². The minimum absolute atomic E-state index is 0.130. The number of aliphatic imine (C=N–C) groups is 1. The highest BCUT2D eigenvalue weighted by Crippen LogP contribution is 2.24. The minimum Gasteiger partial charge on any atom is -0.335 e. The SMILES string of the molecule is CC[C@@H]1CN=C(Nc2ccc(/C(C)=N\Nc3ccc(F)cc3F)cc2)S1. The van der Waals surface area contributed by atoms with E-state index in [-0.39, 0.29) is 5.69 Å². The lowest BCUT2D eigenvalue weighted by atomic mass is 10.1. The highest BCUT2D eigenvalue weighted by molar-refractivity contribution is 8.15. The first-order valence-corrected chi connectivity index (χ1v) is 9.27. The molecule has 0 bridgehead atoms. The molecule has 2 aromatic rings. The molecule has 7 heteroatoms. The lowest BCUT2D eigenvalue weighted by Crippen LogP contribution is -2.07. The third-order valence-electron chi connectivity index (χ3n) is 4.00. The fraction of sp³-hybridized carbons (Fsp3) is 0.263. The second-order valence-electron chi connectivity index (χ2n) is 5.93. The van der Waals surface area contributed by atoms with E-state index in [1.54, 1.807) is 11.8 Å². The summed E-state index contributed by atoms with van der Waals surface area (Å²) >= 11 is 1.77. The second kappa shape index (κ2) is 8.31. The van der Waals surface area contributed by atoms with E-state index in [9.17, 15) is 8.78 Å². The van der Waals surface area contributed by atoms with Gasteiger partial charge in [-0.3, -0.25) is 10.4 Å². The molecular weight excluding hydrogens is 354 g/mol. The van der Waals surface area contributed by atoms with E-state index in [1.807, 2.05) is 31.2 Å². The number of hydrogen-bond acceptors (Lipinski definition) is 5. The molecule has 1 atom stereocenters. The predicted molar refractivity (Wildman–Crippen MR) is 106 cm³/mol. The highest BCUT2D eigenvalue weighted by Gasteiger charge is 2.17. The molecule has 3 rings (SSSR count). The topological polar surface area (TPSA) is 48.8 Å². The molecule has 1 heterocycles. The van der Waals surface area contributed by atoms with E-state index < -0.39 is 11.6 Å². The molecule has 1 aliphatic heterocycles. The van der Waals surface area contributed by atoms with Crippen LogP contribution in [0.5, 0.6) is 0 Å². The van der Waals surface area contributed by atoms with E-state index >= 15 is 0 Å². The monoisotopic (exact) mass is 374 g/mol. The van der Waals surface area contributed by atoms with Crippen molar-refractivity contribution in [2.24, 2.45) is 10.1 Å². The van der Waals surface area contributed by atoms with E-state index in [4.69, 9.17) is 0 Å². The molecule has 0 saturated carbocycles. The molecular formula is C19H20F2N4S. The number of anilines is 2. The summed E-state index contributed by atoms with van der Waals surface area (Å²) in [5, 5.41) is 8.99. The molecule has 4 nitrogen and oxygen atoms in total. The Labute approximate surface area is 155 Å². The quantitative estimate of drug-likeness (QED) is 0.566. The van der Waals surface area contributed by atoms with Gasteiger partial charge in [0.2, 0.25) is 0 Å². The van der Waals surface area contributed by atoms with Gasteiger partial charge in [0.05, 0.1) is 17.9 Å². The Bertz CT molecular complexity index is 834. The van der Waals surface area contributed by atoms with Crippen LogP contribution in [0.1, 0.15) is 25.8 Å². The van der Waals surface area contributed by atoms with Gasteiger partial charge in [-0.1, -0.05) is 30.8 Å². The van der Waals surface area contributed by atoms with Gasteiger partial charge in [0.25, 0.3) is 0 Å². The van der Waals surface area contributed by atoms with Gasteiger partial charge in [0.1, 0.15) is 5.82 Å². The van der Waals surface area contributed by atoms with Crippen LogP contribution in [0.25, 0.3) is 0 Å². The van der Waals surface area contributed by atoms with Crippen molar-refractivity contribution in [2.75, 3.05) is 17.3 Å². The number of nitrogens with zero attached hydrogens (tertiary/aromatic N) is 2. The molecule has 136 valence electrons. The van der Waals surface area contributed by atoms with Gasteiger partial charge in [-0.15, -0.1) is 0 Å². The normalized spacial score (nSPS) is 17.2. The number of halogens is 2. The van der Waals surface area contributed by atoms with Gasteiger partial charge in [-0.05, 0) is 43.2 Å². The van der Waals surface area contributed by atoms with Crippen molar-refractivity contribution >= 4 is 34.0 Å². The molecule has 1 aliphatic rings. The molecule has 2 aromatic carbocycles. The van der Waals surface area contributed by atoms with Gasteiger partial charge < -0.3 is 5.32 Å². The summed E-state index contributed by atoms with van der Waals surface area (Å²) in [7, 11) is 0. The van der Waals surface area contributed by atoms with Crippen LogP contribution in [-0.4, -0.2) is 22.7 Å². The van der Waals surface area contributed by atoms with Crippen molar-refractivity contribution in [3.8, 4) is 0 Å². The maximum Gasteiger partial charge on any atom is 0.161 e. The second-order valence-corrected chi connectivity index (χ2v) is 7.22. The maximum atomic E-state index is 13.6. The van der Waals surface area contributed by atoms with Crippen LogP contribution in [0.3, 0.4) is 0 Å². The van der Waals surface area contributed by atoms with Crippen LogP contribution in [0, 0.1) is 11.6 Å². The van der Waals surface area contributed by atoms with Crippen LogP contribution in [0.2, 0.25) is 0 Å². The van der Waals surface area contributed by atoms with Crippen molar-refractivity contribution in [1.82, 2.24) is 0 Å². The van der Waals surface area contributed by atoms with Crippen molar-refractivity contribution in [3.63, 3.8) is 0 Å². The Morgan fingerprint density at radius 1 is 1.23 bits per heavy atom. The first-order chi connectivity index (χ1) is 12.5. The van der Waals surface area contributed by atoms with Gasteiger partial charge in [0.15, 0.2) is 11.0 Å². The largest absolute Gasteiger partial charge is 0.335 e. The Morgan fingerprint density at radius 2 is 2.00 bits per heavy atom. The fourth-order valence-corrected chi connectivity index (χ4v) is 3.36. The third-order valence-corrected chi connectivity index (χ3v) is 5.27. The maximum absolute atomic E-state index is 13.6. The molecule has 2 N–H and O–H groups in total. The average Bonchev–Trinajstić information content (AvgIpc) is 3.09. The summed E-state index contributed by atoms with van der Waals surface area (Å²) in [6.45, 7) is 4.84. The van der Waals surface area contributed by atoms with E-state index in [0.717, 1.165) is 35.5 Å².